The molecule has 0 aliphatic carbocycles. The molecule has 1 atom stereocenters. The van der Waals surface area contributed by atoms with Gasteiger partial charge in [-0.3, -0.25) is 0 Å². The van der Waals surface area contributed by atoms with Gasteiger partial charge in [-0.2, -0.15) is 0 Å². The van der Waals surface area contributed by atoms with Crippen LogP contribution in [0.5, 0.6) is 0 Å². The highest BCUT2D eigenvalue weighted by molar-refractivity contribution is 5.56. The Morgan fingerprint density at radius 3 is 2.00 bits per heavy atom. The van der Waals surface area contributed by atoms with Gasteiger partial charge in [-0.15, -0.1) is 0 Å². The van der Waals surface area contributed by atoms with Gasteiger partial charge in [-0.1, -0.05) is 91.0 Å². The van der Waals surface area contributed by atoms with Crippen LogP contribution in [0.15, 0.2) is 97.2 Å². The maximum Gasteiger partial charge on any atom is 0.140 e. The molecule has 0 aliphatic rings. The van der Waals surface area contributed by atoms with Crippen molar-refractivity contribution in [2.45, 2.75) is 12.6 Å². The monoisotopic (exact) mass is 340 g/mol. The third kappa shape index (κ3) is 3.30. The predicted octanol–water partition coefficient (Wildman–Crippen LogP) is 4.68. The molecular formula is C23H20N2O. The van der Waals surface area contributed by atoms with E-state index in [4.69, 9.17) is 0 Å². The molecule has 0 spiro atoms. The number of hydrogen-bond donors (Lipinski definition) is 1. The zero-order valence-electron chi connectivity index (χ0n) is 14.4. The molecule has 4 rings (SSSR count). The fourth-order valence-electron chi connectivity index (χ4n) is 3.16. The number of aliphatic hydroxyl groups is 1. The standard InChI is InChI=1S/C23H20N2O/c26-22(19-12-6-2-7-13-19)21-16-24-23(20-14-8-3-9-15-20)25(21)17-18-10-4-1-5-11-18/h1-16,22,26H,17H2. The summed E-state index contributed by atoms with van der Waals surface area (Å²) >= 11 is 0. The second-order valence-electron chi connectivity index (χ2n) is 6.26. The molecule has 3 nitrogen and oxygen atoms in total. The second kappa shape index (κ2) is 7.38. The van der Waals surface area contributed by atoms with Crippen molar-refractivity contribution in [3.63, 3.8) is 0 Å². The molecule has 1 unspecified atom stereocenters. The van der Waals surface area contributed by atoms with Crippen LogP contribution in [0.4, 0.5) is 0 Å². The van der Waals surface area contributed by atoms with Crippen LogP contribution in [0, 0.1) is 0 Å². The van der Waals surface area contributed by atoms with Crippen LogP contribution in [0.25, 0.3) is 11.4 Å². The van der Waals surface area contributed by atoms with Crippen molar-refractivity contribution in [1.82, 2.24) is 9.55 Å². The maximum absolute atomic E-state index is 11.0. The number of aromatic nitrogens is 2. The first-order valence-corrected chi connectivity index (χ1v) is 8.71. The number of hydrogen-bond acceptors (Lipinski definition) is 2. The molecule has 0 amide bonds. The van der Waals surface area contributed by atoms with Crippen molar-refractivity contribution in [2.24, 2.45) is 0 Å². The molecular weight excluding hydrogens is 320 g/mol. The number of nitrogens with zero attached hydrogens (tertiary/aromatic N) is 2. The molecule has 0 saturated heterocycles. The molecule has 1 N–H and O–H groups in total. The summed E-state index contributed by atoms with van der Waals surface area (Å²) in [6, 6.07) is 30.0. The summed E-state index contributed by atoms with van der Waals surface area (Å²) in [7, 11) is 0. The molecule has 0 saturated carbocycles. The van der Waals surface area contributed by atoms with Gasteiger partial charge in [-0.05, 0) is 11.1 Å². The van der Waals surface area contributed by atoms with Gasteiger partial charge in [0, 0.05) is 12.1 Å². The van der Waals surface area contributed by atoms with Gasteiger partial charge in [0.1, 0.15) is 11.9 Å². The van der Waals surface area contributed by atoms with Crippen LogP contribution < -0.4 is 0 Å². The summed E-state index contributed by atoms with van der Waals surface area (Å²) in [5.74, 6) is 0.861. The van der Waals surface area contributed by atoms with Crippen LogP contribution in [0.1, 0.15) is 22.9 Å². The summed E-state index contributed by atoms with van der Waals surface area (Å²) in [5.41, 5.74) is 3.86. The Balaban J connectivity index is 1.80. The van der Waals surface area contributed by atoms with E-state index in [0.29, 0.717) is 6.54 Å². The fraction of sp³-hybridized carbons (Fsp3) is 0.0870. The van der Waals surface area contributed by atoms with E-state index in [1.54, 1.807) is 6.20 Å². The molecule has 0 aliphatic heterocycles. The fourth-order valence-corrected chi connectivity index (χ4v) is 3.16. The Bertz CT molecular complexity index is 963. The van der Waals surface area contributed by atoms with Crippen molar-refractivity contribution in [3.05, 3.63) is 114 Å². The SMILES string of the molecule is OC(c1ccccc1)c1cnc(-c2ccccc2)n1Cc1ccccc1. The van der Waals surface area contributed by atoms with Gasteiger partial charge >= 0.3 is 0 Å². The predicted molar refractivity (Wildman–Crippen MR) is 104 cm³/mol. The van der Waals surface area contributed by atoms with Gasteiger partial charge in [0.25, 0.3) is 0 Å². The molecule has 0 bridgehead atoms. The Hall–Kier alpha value is -3.17. The molecule has 1 aromatic heterocycles. The minimum Gasteiger partial charge on any atom is -0.382 e. The van der Waals surface area contributed by atoms with Crippen LogP contribution in [-0.4, -0.2) is 14.7 Å². The Morgan fingerprint density at radius 1 is 0.769 bits per heavy atom. The van der Waals surface area contributed by atoms with Crippen molar-refractivity contribution in [1.29, 1.82) is 0 Å². The van der Waals surface area contributed by atoms with Crippen LogP contribution in [0.2, 0.25) is 0 Å². The van der Waals surface area contributed by atoms with Crippen molar-refractivity contribution in [2.75, 3.05) is 0 Å². The molecule has 3 aromatic carbocycles. The molecule has 26 heavy (non-hydrogen) atoms. The Kier molecular flexibility index (Phi) is 4.63. The average molecular weight is 340 g/mol. The van der Waals surface area contributed by atoms with E-state index in [2.05, 4.69) is 21.7 Å². The maximum atomic E-state index is 11.0. The minimum atomic E-state index is -0.718. The minimum absolute atomic E-state index is 0.657. The third-order valence-electron chi connectivity index (χ3n) is 4.50. The van der Waals surface area contributed by atoms with Gasteiger partial charge < -0.3 is 9.67 Å². The average Bonchev–Trinajstić information content (AvgIpc) is 3.13. The topological polar surface area (TPSA) is 38.1 Å². The van der Waals surface area contributed by atoms with Crippen LogP contribution in [0.3, 0.4) is 0 Å². The number of aliphatic hydroxyl groups excluding tert-OH is 1. The Labute approximate surface area is 153 Å². The first kappa shape index (κ1) is 16.3. The molecule has 3 heteroatoms. The zero-order valence-corrected chi connectivity index (χ0v) is 14.4. The highest BCUT2D eigenvalue weighted by atomic mass is 16.3. The first-order valence-electron chi connectivity index (χ1n) is 8.71. The normalized spacial score (nSPS) is 12.0. The van der Waals surface area contributed by atoms with Gasteiger partial charge in [0.15, 0.2) is 0 Å². The molecule has 1 heterocycles. The van der Waals surface area contributed by atoms with Crippen LogP contribution in [-0.2, 0) is 6.54 Å². The molecule has 4 aromatic rings. The van der Waals surface area contributed by atoms with E-state index in [9.17, 15) is 5.11 Å². The van der Waals surface area contributed by atoms with Gasteiger partial charge in [0.2, 0.25) is 0 Å². The largest absolute Gasteiger partial charge is 0.382 e. The van der Waals surface area contributed by atoms with E-state index in [-0.39, 0.29) is 0 Å². The first-order chi connectivity index (χ1) is 12.8. The van der Waals surface area contributed by atoms with Crippen LogP contribution >= 0.6 is 0 Å². The van der Waals surface area contributed by atoms with Crippen molar-refractivity contribution in [3.8, 4) is 11.4 Å². The number of rotatable bonds is 5. The lowest BCUT2D eigenvalue weighted by Gasteiger charge is -2.17. The van der Waals surface area contributed by atoms with Crippen molar-refractivity contribution >= 4 is 0 Å². The zero-order chi connectivity index (χ0) is 17.8. The summed E-state index contributed by atoms with van der Waals surface area (Å²) < 4.78 is 2.10. The van der Waals surface area contributed by atoms with Gasteiger partial charge in [-0.25, -0.2) is 4.98 Å². The molecule has 0 radical (unpaired) electrons. The number of imidazole rings is 1. The highest BCUT2D eigenvalue weighted by Gasteiger charge is 2.19. The quantitative estimate of drug-likeness (QED) is 0.573. The lowest BCUT2D eigenvalue weighted by Crippen LogP contribution is -2.11. The molecule has 0 fully saturated rings. The summed E-state index contributed by atoms with van der Waals surface area (Å²) in [6.45, 7) is 0.657. The van der Waals surface area contributed by atoms with E-state index in [1.807, 2.05) is 78.9 Å². The van der Waals surface area contributed by atoms with Crippen molar-refractivity contribution < 1.29 is 5.11 Å². The van der Waals surface area contributed by atoms with E-state index >= 15 is 0 Å². The smallest absolute Gasteiger partial charge is 0.140 e. The molecule has 128 valence electrons. The summed E-state index contributed by atoms with van der Waals surface area (Å²) in [6.07, 6.45) is 1.06. The summed E-state index contributed by atoms with van der Waals surface area (Å²) in [5, 5.41) is 11.0. The van der Waals surface area contributed by atoms with Gasteiger partial charge in [0.05, 0.1) is 11.9 Å². The van der Waals surface area contributed by atoms with E-state index in [0.717, 1.165) is 22.6 Å². The lowest BCUT2D eigenvalue weighted by atomic mass is 10.1. The van der Waals surface area contributed by atoms with E-state index in [1.165, 1.54) is 5.56 Å². The summed E-state index contributed by atoms with van der Waals surface area (Å²) in [4.78, 5) is 4.63. The third-order valence-corrected chi connectivity index (χ3v) is 4.50. The highest BCUT2D eigenvalue weighted by Crippen LogP contribution is 2.28. The lowest BCUT2D eigenvalue weighted by molar-refractivity contribution is 0.211. The van der Waals surface area contributed by atoms with E-state index < -0.39 is 6.10 Å². The second-order valence-corrected chi connectivity index (χ2v) is 6.26. The Morgan fingerprint density at radius 2 is 1.35 bits per heavy atom. The number of benzene rings is 3.